The Morgan fingerprint density at radius 1 is 1.36 bits per heavy atom. The Labute approximate surface area is 146 Å². The van der Waals surface area contributed by atoms with Gasteiger partial charge in [-0.15, -0.1) is 0 Å². The first kappa shape index (κ1) is 17.5. The van der Waals surface area contributed by atoms with Gasteiger partial charge in [-0.3, -0.25) is 9.59 Å². The van der Waals surface area contributed by atoms with E-state index in [2.05, 4.69) is 18.8 Å². The highest BCUT2D eigenvalue weighted by atomic mass is 16.5. The second kappa shape index (κ2) is 7.27. The lowest BCUT2D eigenvalue weighted by atomic mass is 10.0. The third-order valence-electron chi connectivity index (χ3n) is 4.59. The van der Waals surface area contributed by atoms with Crippen LogP contribution in [0.15, 0.2) is 24.3 Å². The predicted molar refractivity (Wildman–Crippen MR) is 94.7 cm³/mol. The molecule has 3 rings (SSSR count). The van der Waals surface area contributed by atoms with E-state index in [0.29, 0.717) is 36.9 Å². The quantitative estimate of drug-likeness (QED) is 0.874. The molecule has 1 atom stereocenters. The van der Waals surface area contributed by atoms with Crippen molar-refractivity contribution in [2.45, 2.75) is 32.7 Å². The molecule has 0 saturated carbocycles. The van der Waals surface area contributed by atoms with Crippen LogP contribution < -0.4 is 0 Å². The molecule has 1 aromatic carbocycles. The summed E-state index contributed by atoms with van der Waals surface area (Å²) in [7, 11) is 0. The van der Waals surface area contributed by atoms with E-state index in [1.54, 1.807) is 0 Å². The van der Waals surface area contributed by atoms with Crippen LogP contribution in [0.4, 0.5) is 0 Å². The number of morpholine rings is 1. The van der Waals surface area contributed by atoms with E-state index >= 15 is 0 Å². The van der Waals surface area contributed by atoms with Gasteiger partial charge in [0, 0.05) is 23.0 Å². The minimum atomic E-state index is -0.945. The fourth-order valence-electron chi connectivity index (χ4n) is 3.52. The molecular weight excluding hydrogens is 320 g/mol. The highest BCUT2D eigenvalue weighted by molar-refractivity contribution is 6.02. The van der Waals surface area contributed by atoms with Crippen LogP contribution in [-0.4, -0.2) is 52.7 Å². The second-order valence-electron chi connectivity index (χ2n) is 6.95. The Morgan fingerprint density at radius 3 is 2.84 bits per heavy atom. The number of carboxylic acids is 1. The van der Waals surface area contributed by atoms with Crippen molar-refractivity contribution < 1.29 is 19.4 Å². The molecule has 1 unspecified atom stereocenters. The van der Waals surface area contributed by atoms with Gasteiger partial charge >= 0.3 is 5.97 Å². The van der Waals surface area contributed by atoms with Crippen molar-refractivity contribution in [3.05, 3.63) is 35.5 Å². The van der Waals surface area contributed by atoms with Crippen LogP contribution in [0.5, 0.6) is 0 Å². The molecule has 1 fully saturated rings. The summed E-state index contributed by atoms with van der Waals surface area (Å²) >= 11 is 0. The largest absolute Gasteiger partial charge is 0.481 e. The molecule has 1 saturated heterocycles. The fourth-order valence-corrected chi connectivity index (χ4v) is 3.52. The summed E-state index contributed by atoms with van der Waals surface area (Å²) in [6, 6.07) is 7.46. The average molecular weight is 344 g/mol. The second-order valence-corrected chi connectivity index (χ2v) is 6.95. The van der Waals surface area contributed by atoms with E-state index in [-0.39, 0.29) is 18.4 Å². The number of carbonyl (C=O) groups is 2. The van der Waals surface area contributed by atoms with E-state index < -0.39 is 5.97 Å². The molecule has 25 heavy (non-hydrogen) atoms. The third-order valence-corrected chi connectivity index (χ3v) is 4.59. The van der Waals surface area contributed by atoms with Crippen LogP contribution in [0.3, 0.4) is 0 Å². The Balaban J connectivity index is 1.99. The topological polar surface area (TPSA) is 82.6 Å². The molecule has 6 nitrogen and oxygen atoms in total. The summed E-state index contributed by atoms with van der Waals surface area (Å²) in [5.41, 5.74) is 1.73. The lowest BCUT2D eigenvalue weighted by molar-refractivity contribution is -0.136. The molecule has 0 spiro atoms. The number of carbonyl (C=O) groups excluding carboxylic acids is 1. The van der Waals surface area contributed by atoms with Crippen LogP contribution in [0, 0.1) is 5.92 Å². The van der Waals surface area contributed by atoms with E-state index in [1.165, 1.54) is 0 Å². The van der Waals surface area contributed by atoms with Crippen LogP contribution >= 0.6 is 0 Å². The van der Waals surface area contributed by atoms with Crippen molar-refractivity contribution in [2.75, 3.05) is 19.8 Å². The first-order chi connectivity index (χ1) is 12.0. The lowest BCUT2D eigenvalue weighted by Gasteiger charge is -2.36. The normalized spacial score (nSPS) is 18.0. The number of fused-ring (bicyclic) bond motifs is 1. The number of para-hydroxylation sites is 1. The first-order valence-electron chi connectivity index (χ1n) is 8.67. The van der Waals surface area contributed by atoms with Crippen molar-refractivity contribution in [2.24, 2.45) is 5.92 Å². The van der Waals surface area contributed by atoms with E-state index in [9.17, 15) is 14.7 Å². The summed E-state index contributed by atoms with van der Waals surface area (Å²) in [6.07, 6.45) is 0.685. The van der Waals surface area contributed by atoms with Gasteiger partial charge < -0.3 is 19.7 Å². The number of amides is 1. The van der Waals surface area contributed by atoms with E-state index in [1.807, 2.05) is 29.2 Å². The number of H-pyrrole nitrogens is 1. The van der Waals surface area contributed by atoms with E-state index in [0.717, 1.165) is 17.3 Å². The minimum absolute atomic E-state index is 0.0188. The maximum atomic E-state index is 13.2. The summed E-state index contributed by atoms with van der Waals surface area (Å²) < 4.78 is 5.55. The maximum Gasteiger partial charge on any atom is 0.307 e. The van der Waals surface area contributed by atoms with Gasteiger partial charge in [-0.2, -0.15) is 0 Å². The number of aromatic nitrogens is 1. The standard InChI is InChI=1S/C19H24N2O4/c1-12(2)9-13-11-25-8-7-21(13)19(24)18-15(10-17(22)23)14-5-3-4-6-16(14)20-18/h3-6,12-13,20H,7-11H2,1-2H3,(H,22,23). The summed E-state index contributed by atoms with van der Waals surface area (Å²) in [4.78, 5) is 29.5. The Kier molecular flexibility index (Phi) is 5.08. The van der Waals surface area contributed by atoms with E-state index in [4.69, 9.17) is 4.74 Å². The van der Waals surface area contributed by atoms with Gasteiger partial charge in [0.25, 0.3) is 5.91 Å². The maximum absolute atomic E-state index is 13.2. The smallest absolute Gasteiger partial charge is 0.307 e. The van der Waals surface area contributed by atoms with Crippen molar-refractivity contribution in [1.29, 1.82) is 0 Å². The van der Waals surface area contributed by atoms with Gasteiger partial charge in [-0.05, 0) is 18.4 Å². The van der Waals surface area contributed by atoms with Crippen molar-refractivity contribution in [3.63, 3.8) is 0 Å². The SMILES string of the molecule is CC(C)CC1COCCN1C(=O)c1[nH]c2ccccc2c1CC(=O)O. The zero-order valence-corrected chi connectivity index (χ0v) is 14.6. The molecule has 6 heteroatoms. The number of rotatable bonds is 5. The molecule has 1 aromatic heterocycles. The van der Waals surface area contributed by atoms with Gasteiger partial charge in [-0.25, -0.2) is 0 Å². The van der Waals surface area contributed by atoms with Crippen molar-refractivity contribution in [1.82, 2.24) is 9.88 Å². The molecule has 2 N–H and O–H groups in total. The van der Waals surface area contributed by atoms with Gasteiger partial charge in [0.2, 0.25) is 0 Å². The highest BCUT2D eigenvalue weighted by Gasteiger charge is 2.31. The number of aliphatic carboxylic acids is 1. The Morgan fingerprint density at radius 2 is 2.12 bits per heavy atom. The van der Waals surface area contributed by atoms with Gasteiger partial charge in [-0.1, -0.05) is 32.0 Å². The number of hydrogen-bond acceptors (Lipinski definition) is 3. The number of aromatic amines is 1. The van der Waals surface area contributed by atoms with Crippen molar-refractivity contribution >= 4 is 22.8 Å². The zero-order valence-electron chi connectivity index (χ0n) is 14.6. The molecule has 1 amide bonds. The molecular formula is C19H24N2O4. The number of carboxylic acid groups (broad SMARTS) is 1. The van der Waals surface area contributed by atoms with Crippen LogP contribution in [-0.2, 0) is 16.0 Å². The molecule has 1 aliphatic heterocycles. The number of hydrogen-bond donors (Lipinski definition) is 2. The van der Waals surface area contributed by atoms with Gasteiger partial charge in [0.1, 0.15) is 5.69 Å². The van der Waals surface area contributed by atoms with Crippen LogP contribution in [0.1, 0.15) is 36.3 Å². The lowest BCUT2D eigenvalue weighted by Crippen LogP contribution is -2.49. The Hall–Kier alpha value is -2.34. The number of nitrogens with one attached hydrogen (secondary N) is 1. The molecule has 1 aliphatic rings. The zero-order chi connectivity index (χ0) is 18.0. The Bertz CT molecular complexity index is 781. The number of nitrogens with zero attached hydrogens (tertiary/aromatic N) is 1. The molecule has 0 radical (unpaired) electrons. The van der Waals surface area contributed by atoms with Crippen LogP contribution in [0.25, 0.3) is 10.9 Å². The predicted octanol–water partition coefficient (Wildman–Crippen LogP) is 2.68. The molecule has 2 aromatic rings. The van der Waals surface area contributed by atoms with Gasteiger partial charge in [0.05, 0.1) is 25.7 Å². The highest BCUT2D eigenvalue weighted by Crippen LogP contribution is 2.26. The summed E-state index contributed by atoms with van der Waals surface area (Å²) in [6.45, 7) is 5.80. The minimum Gasteiger partial charge on any atom is -0.481 e. The van der Waals surface area contributed by atoms with Crippen molar-refractivity contribution in [3.8, 4) is 0 Å². The first-order valence-corrected chi connectivity index (χ1v) is 8.67. The number of ether oxygens (including phenoxy) is 1. The molecule has 0 aliphatic carbocycles. The third kappa shape index (κ3) is 3.69. The van der Waals surface area contributed by atoms with Gasteiger partial charge in [0.15, 0.2) is 0 Å². The molecule has 134 valence electrons. The molecule has 2 heterocycles. The monoisotopic (exact) mass is 344 g/mol. The summed E-state index contributed by atoms with van der Waals surface area (Å²) in [5.74, 6) is -0.635. The van der Waals surface area contributed by atoms with Crippen LogP contribution in [0.2, 0.25) is 0 Å². The summed E-state index contributed by atoms with van der Waals surface area (Å²) in [5, 5.41) is 10.1. The number of benzene rings is 1. The average Bonchev–Trinajstić information content (AvgIpc) is 2.92. The fraction of sp³-hybridized carbons (Fsp3) is 0.474. The molecule has 0 bridgehead atoms.